The molecule has 8 nitrogen and oxygen atoms in total. The molecule has 2 heterocycles. The first-order chi connectivity index (χ1) is 16.4. The highest BCUT2D eigenvalue weighted by Crippen LogP contribution is 2.29. The number of ether oxygens (including phenoxy) is 1. The van der Waals surface area contributed by atoms with Crippen LogP contribution < -0.4 is 10.6 Å². The molecule has 0 radical (unpaired) electrons. The Balaban J connectivity index is 1.73. The van der Waals surface area contributed by atoms with Crippen LogP contribution in [0.3, 0.4) is 0 Å². The Morgan fingerprint density at radius 2 is 1.88 bits per heavy atom. The zero-order chi connectivity index (χ0) is 24.2. The Kier molecular flexibility index (Phi) is 6.65. The van der Waals surface area contributed by atoms with E-state index >= 15 is 0 Å². The average molecular weight is 461 g/mol. The van der Waals surface area contributed by atoms with Gasteiger partial charge < -0.3 is 19.9 Å². The van der Waals surface area contributed by atoms with Crippen LogP contribution in [0.15, 0.2) is 54.9 Å². The Morgan fingerprint density at radius 1 is 1.12 bits per heavy atom. The van der Waals surface area contributed by atoms with E-state index in [1.807, 2.05) is 23.7 Å². The molecule has 2 amide bonds. The van der Waals surface area contributed by atoms with Gasteiger partial charge in [0.15, 0.2) is 0 Å². The van der Waals surface area contributed by atoms with E-state index in [2.05, 4.69) is 15.6 Å². The number of rotatable bonds is 7. The molecule has 0 bridgehead atoms. The van der Waals surface area contributed by atoms with Crippen molar-refractivity contribution in [3.63, 3.8) is 0 Å². The number of anilines is 1. The number of amides is 2. The van der Waals surface area contributed by atoms with Crippen molar-refractivity contribution in [2.24, 2.45) is 7.05 Å². The van der Waals surface area contributed by atoms with Crippen molar-refractivity contribution in [3.8, 4) is 11.4 Å². The van der Waals surface area contributed by atoms with E-state index < -0.39 is 0 Å². The first kappa shape index (κ1) is 23.1. The lowest BCUT2D eigenvalue weighted by molar-refractivity contribution is -0.119. The highest BCUT2D eigenvalue weighted by Gasteiger charge is 2.20. The molecule has 0 aliphatic heterocycles. The second-order valence-corrected chi connectivity index (χ2v) is 7.87. The second kappa shape index (κ2) is 9.80. The molecule has 9 heteroatoms. The van der Waals surface area contributed by atoms with Gasteiger partial charge in [0, 0.05) is 44.3 Å². The molecule has 34 heavy (non-hydrogen) atoms. The fourth-order valence-electron chi connectivity index (χ4n) is 3.71. The van der Waals surface area contributed by atoms with Crippen LogP contribution in [0, 0.1) is 12.7 Å². The Morgan fingerprint density at radius 3 is 2.59 bits per heavy atom. The predicted octanol–water partition coefficient (Wildman–Crippen LogP) is 3.60. The number of carbonyl (C=O) groups is 2. The molecule has 0 unspecified atom stereocenters. The first-order valence-electron chi connectivity index (χ1n) is 10.6. The lowest BCUT2D eigenvalue weighted by Crippen LogP contribution is -2.24. The molecule has 0 saturated heterocycles. The summed E-state index contributed by atoms with van der Waals surface area (Å²) in [7, 11) is 3.25. The van der Waals surface area contributed by atoms with Crippen LogP contribution in [0.25, 0.3) is 22.4 Å². The van der Waals surface area contributed by atoms with Gasteiger partial charge in [-0.3, -0.25) is 14.6 Å². The van der Waals surface area contributed by atoms with E-state index in [9.17, 15) is 14.0 Å². The highest BCUT2D eigenvalue weighted by atomic mass is 19.1. The highest BCUT2D eigenvalue weighted by molar-refractivity contribution is 6.08. The van der Waals surface area contributed by atoms with E-state index in [-0.39, 0.29) is 30.8 Å². The summed E-state index contributed by atoms with van der Waals surface area (Å²) in [6.07, 6.45) is 3.33. The lowest BCUT2D eigenvalue weighted by Gasteiger charge is -2.11. The van der Waals surface area contributed by atoms with Crippen LogP contribution in [0.1, 0.15) is 21.5 Å². The van der Waals surface area contributed by atoms with Crippen molar-refractivity contribution in [1.29, 1.82) is 0 Å². The minimum atomic E-state index is -0.377. The van der Waals surface area contributed by atoms with E-state index in [0.29, 0.717) is 39.2 Å². The number of nitrogens with zero attached hydrogens (tertiary/aromatic N) is 3. The third-order valence-electron chi connectivity index (χ3n) is 5.40. The van der Waals surface area contributed by atoms with Crippen LogP contribution in [0.4, 0.5) is 10.1 Å². The standard InChI is InChI=1S/C25H24FN5O3/c1-15-4-5-16(10-20(15)26)13-28-25(33)19-11-18(29-22(32)14-34-3)12-21-23(19)31(2)24(30-21)17-6-8-27-9-7-17/h4-12H,13-14H2,1-3H3,(H,28,33)(H,29,32). The van der Waals surface area contributed by atoms with E-state index in [1.165, 1.54) is 13.2 Å². The lowest BCUT2D eigenvalue weighted by atomic mass is 10.1. The first-order valence-corrected chi connectivity index (χ1v) is 10.6. The summed E-state index contributed by atoms with van der Waals surface area (Å²) in [6.45, 7) is 1.70. The molecule has 0 fully saturated rings. The van der Waals surface area contributed by atoms with Crippen molar-refractivity contribution >= 4 is 28.5 Å². The molecular formula is C25H24FN5O3. The van der Waals surface area contributed by atoms with Crippen LogP contribution in [0.2, 0.25) is 0 Å². The van der Waals surface area contributed by atoms with Gasteiger partial charge in [-0.25, -0.2) is 9.37 Å². The van der Waals surface area contributed by atoms with Crippen LogP contribution in [0.5, 0.6) is 0 Å². The van der Waals surface area contributed by atoms with Gasteiger partial charge >= 0.3 is 0 Å². The molecule has 2 aromatic carbocycles. The van der Waals surface area contributed by atoms with Crippen LogP contribution in [-0.4, -0.2) is 40.1 Å². The van der Waals surface area contributed by atoms with Gasteiger partial charge in [-0.15, -0.1) is 0 Å². The SMILES string of the molecule is COCC(=O)Nc1cc(C(=O)NCc2ccc(C)c(F)c2)c2c(c1)nc(-c1ccncc1)n2C. The van der Waals surface area contributed by atoms with Crippen LogP contribution >= 0.6 is 0 Å². The summed E-state index contributed by atoms with van der Waals surface area (Å²) in [5.74, 6) is -0.412. The van der Waals surface area contributed by atoms with Crippen molar-refractivity contribution in [3.05, 3.63) is 77.4 Å². The van der Waals surface area contributed by atoms with Gasteiger partial charge in [-0.1, -0.05) is 12.1 Å². The predicted molar refractivity (Wildman–Crippen MR) is 127 cm³/mol. The number of fused-ring (bicyclic) bond motifs is 1. The normalized spacial score (nSPS) is 10.9. The third kappa shape index (κ3) is 4.79. The molecule has 2 aromatic heterocycles. The second-order valence-electron chi connectivity index (χ2n) is 7.87. The maximum atomic E-state index is 13.9. The molecule has 0 spiro atoms. The van der Waals surface area contributed by atoms with Crippen LogP contribution in [-0.2, 0) is 23.1 Å². The number of pyridine rings is 1. The Labute approximate surface area is 195 Å². The fraction of sp³-hybridized carbons (Fsp3) is 0.200. The Bertz CT molecular complexity index is 1370. The molecule has 0 aliphatic carbocycles. The van der Waals surface area contributed by atoms with Crippen molar-refractivity contribution < 1.29 is 18.7 Å². The number of carbonyl (C=O) groups excluding carboxylic acids is 2. The zero-order valence-corrected chi connectivity index (χ0v) is 19.1. The summed E-state index contributed by atoms with van der Waals surface area (Å²) >= 11 is 0. The van der Waals surface area contributed by atoms with Crippen molar-refractivity contribution in [1.82, 2.24) is 19.9 Å². The van der Waals surface area contributed by atoms with E-state index in [1.54, 1.807) is 43.6 Å². The number of halogens is 1. The molecular weight excluding hydrogens is 437 g/mol. The third-order valence-corrected chi connectivity index (χ3v) is 5.40. The van der Waals surface area contributed by atoms with Crippen molar-refractivity contribution in [2.45, 2.75) is 13.5 Å². The Hall–Kier alpha value is -4.11. The fourth-order valence-corrected chi connectivity index (χ4v) is 3.71. The molecule has 4 aromatic rings. The van der Waals surface area contributed by atoms with Gasteiger partial charge in [0.2, 0.25) is 5.91 Å². The number of imidazole rings is 1. The average Bonchev–Trinajstić information content (AvgIpc) is 3.16. The van der Waals surface area contributed by atoms with E-state index in [4.69, 9.17) is 9.72 Å². The zero-order valence-electron chi connectivity index (χ0n) is 19.1. The quantitative estimate of drug-likeness (QED) is 0.438. The summed E-state index contributed by atoms with van der Waals surface area (Å²) in [4.78, 5) is 34.1. The minimum Gasteiger partial charge on any atom is -0.375 e. The summed E-state index contributed by atoms with van der Waals surface area (Å²) in [6, 6.07) is 11.8. The number of benzene rings is 2. The molecule has 4 rings (SSSR count). The van der Waals surface area contributed by atoms with Gasteiger partial charge in [0.05, 0.1) is 16.6 Å². The minimum absolute atomic E-state index is 0.122. The molecule has 2 N–H and O–H groups in total. The van der Waals surface area contributed by atoms with Gasteiger partial charge in [0.25, 0.3) is 5.91 Å². The summed E-state index contributed by atoms with van der Waals surface area (Å²) in [5, 5.41) is 5.58. The number of hydrogen-bond acceptors (Lipinski definition) is 5. The number of aryl methyl sites for hydroxylation is 2. The van der Waals surface area contributed by atoms with E-state index in [0.717, 1.165) is 5.56 Å². The number of hydrogen-bond donors (Lipinski definition) is 2. The smallest absolute Gasteiger partial charge is 0.253 e. The number of aromatic nitrogens is 3. The van der Waals surface area contributed by atoms with Gasteiger partial charge in [-0.05, 0) is 48.4 Å². The van der Waals surface area contributed by atoms with Gasteiger partial charge in [0.1, 0.15) is 18.2 Å². The van der Waals surface area contributed by atoms with Gasteiger partial charge in [-0.2, -0.15) is 0 Å². The summed E-state index contributed by atoms with van der Waals surface area (Å²) in [5.41, 5.74) is 3.89. The monoisotopic (exact) mass is 461 g/mol. The molecule has 0 saturated carbocycles. The maximum Gasteiger partial charge on any atom is 0.253 e. The topological polar surface area (TPSA) is 98.1 Å². The van der Waals surface area contributed by atoms with Crippen molar-refractivity contribution in [2.75, 3.05) is 19.0 Å². The molecule has 0 atom stereocenters. The number of methoxy groups -OCH3 is 1. The maximum absolute atomic E-state index is 13.9. The largest absolute Gasteiger partial charge is 0.375 e. The molecule has 0 aliphatic rings. The summed E-state index contributed by atoms with van der Waals surface area (Å²) < 4.78 is 20.6. The molecule has 174 valence electrons. The number of nitrogens with one attached hydrogen (secondary N) is 2.